The monoisotopic (exact) mass is 1310 g/mol. The van der Waals surface area contributed by atoms with Gasteiger partial charge in [0.25, 0.3) is 43.7 Å². The van der Waals surface area contributed by atoms with E-state index < -0.39 is 68.6 Å². The third kappa shape index (κ3) is 9.51. The molecular formula is C67H72N6O10S6. The summed E-state index contributed by atoms with van der Waals surface area (Å²) in [6.45, 7) is 7.54. The summed E-state index contributed by atoms with van der Waals surface area (Å²) in [6, 6.07) is 49.3. The van der Waals surface area contributed by atoms with Crippen molar-refractivity contribution in [3.8, 4) is 0 Å². The van der Waals surface area contributed by atoms with Gasteiger partial charge in [0.1, 0.15) is 12.3 Å². The van der Waals surface area contributed by atoms with Crippen molar-refractivity contribution in [3.63, 3.8) is 0 Å². The van der Waals surface area contributed by atoms with E-state index in [-0.39, 0.29) is 77.3 Å². The number of fused-ring (bicyclic) bond motifs is 10. The van der Waals surface area contributed by atoms with Gasteiger partial charge in [-0.25, -0.2) is 25.4 Å². The van der Waals surface area contributed by atoms with E-state index in [1.807, 2.05) is 55.5 Å². The Morgan fingerprint density at radius 3 is 1.39 bits per heavy atom. The summed E-state index contributed by atoms with van der Waals surface area (Å²) in [7, 11) is -2.15. The van der Waals surface area contributed by atoms with Crippen LogP contribution in [0.5, 0.6) is 0 Å². The van der Waals surface area contributed by atoms with Gasteiger partial charge < -0.3 is 9.80 Å². The molecular weight excluding hydrogens is 1240 g/mol. The van der Waals surface area contributed by atoms with E-state index in [0.29, 0.717) is 48.2 Å². The summed E-state index contributed by atoms with van der Waals surface area (Å²) in [5.74, 6) is -0.751. The number of benzene rings is 6. The van der Waals surface area contributed by atoms with Crippen LogP contribution >= 0.6 is 45.1 Å². The van der Waals surface area contributed by atoms with E-state index in [1.54, 1.807) is 164 Å². The molecule has 2 bridgehead atoms. The van der Waals surface area contributed by atoms with E-state index in [1.165, 1.54) is 58.6 Å². The predicted molar refractivity (Wildman–Crippen MR) is 354 cm³/mol. The molecule has 0 aromatic heterocycles. The smallest absolute Gasteiger partial charge is 0.266 e. The maximum atomic E-state index is 15.5. The summed E-state index contributed by atoms with van der Waals surface area (Å²) in [6.07, 6.45) is 1.60. The van der Waals surface area contributed by atoms with Gasteiger partial charge in [0.15, 0.2) is 31.1 Å². The summed E-state index contributed by atoms with van der Waals surface area (Å²) in [5.41, 5.74) is 2.26. The highest BCUT2D eigenvalue weighted by Gasteiger charge is 2.79. The molecule has 22 heteroatoms. The number of carbonyl (C=O) groups excluding carboxylic acids is 6. The fourth-order valence-corrected chi connectivity index (χ4v) is 24.3. The molecule has 6 saturated heterocycles. The molecule has 8 atom stereocenters. The highest BCUT2D eigenvalue weighted by molar-refractivity contribution is 8.78. The second-order valence-corrected chi connectivity index (χ2v) is 33.0. The number of Topliss-reactive ketones (excluding diaryl/α,β-unsaturated/α-hetero) is 2. The molecule has 14 rings (SSSR count). The maximum Gasteiger partial charge on any atom is 0.266 e. The lowest BCUT2D eigenvalue weighted by Gasteiger charge is -2.58. The summed E-state index contributed by atoms with van der Waals surface area (Å²) in [5, 5.41) is 0. The van der Waals surface area contributed by atoms with Crippen molar-refractivity contribution in [1.29, 1.82) is 0 Å². The van der Waals surface area contributed by atoms with Gasteiger partial charge >= 0.3 is 0 Å². The molecule has 4 amide bonds. The molecule has 89 heavy (non-hydrogen) atoms. The van der Waals surface area contributed by atoms with Crippen molar-refractivity contribution in [2.75, 3.05) is 34.2 Å². The number of thioether (sulfide) groups is 2. The van der Waals surface area contributed by atoms with E-state index in [0.717, 1.165) is 17.5 Å². The number of para-hydroxylation sites is 2. The first kappa shape index (κ1) is 64.0. The normalized spacial score (nSPS) is 27.9. The van der Waals surface area contributed by atoms with E-state index >= 15 is 9.59 Å². The zero-order chi connectivity index (χ0) is 62.4. The quantitative estimate of drug-likeness (QED) is 0.0583. The molecule has 6 aromatic rings. The zero-order valence-electron chi connectivity index (χ0n) is 49.6. The Labute approximate surface area is 538 Å². The second kappa shape index (κ2) is 23.6. The van der Waals surface area contributed by atoms with Gasteiger partial charge in [0.05, 0.1) is 21.2 Å². The van der Waals surface area contributed by atoms with Gasteiger partial charge in [-0.2, -0.15) is 0 Å². The first-order valence-electron chi connectivity index (χ1n) is 29.5. The number of hydrogen-bond donors (Lipinski definition) is 0. The lowest BCUT2D eigenvalue weighted by molar-refractivity contribution is -0.163. The van der Waals surface area contributed by atoms with Gasteiger partial charge in [-0.15, -0.1) is 23.5 Å². The molecule has 0 saturated carbocycles. The number of anilines is 2. The third-order valence-corrected chi connectivity index (χ3v) is 28.9. The topological polar surface area (TPSA) is 190 Å². The molecule has 6 fully saturated rings. The number of amides is 4. The van der Waals surface area contributed by atoms with E-state index in [9.17, 15) is 36.0 Å². The van der Waals surface area contributed by atoms with E-state index in [2.05, 4.69) is 6.92 Å². The van der Waals surface area contributed by atoms with Crippen molar-refractivity contribution in [3.05, 3.63) is 192 Å². The number of carbonyl (C=O) groups is 6. The number of rotatable bonds is 18. The number of ketones is 2. The van der Waals surface area contributed by atoms with Gasteiger partial charge in [-0.1, -0.05) is 189 Å². The number of sulfonamides is 2. The second-order valence-electron chi connectivity index (χ2n) is 23.7. The lowest BCUT2D eigenvalue weighted by Crippen LogP contribution is -2.76. The highest BCUT2D eigenvalue weighted by atomic mass is 33.1. The van der Waals surface area contributed by atoms with Crippen molar-refractivity contribution < 1.29 is 45.6 Å². The van der Waals surface area contributed by atoms with Crippen LogP contribution in [-0.4, -0.2) is 129 Å². The number of hydrogen-bond acceptors (Lipinski definition) is 14. The molecule has 466 valence electrons. The minimum atomic E-state index is -4.26. The Balaban J connectivity index is 0.000000200. The van der Waals surface area contributed by atoms with Crippen molar-refractivity contribution in [2.24, 2.45) is 0 Å². The summed E-state index contributed by atoms with van der Waals surface area (Å²) < 4.78 is 61.0. The van der Waals surface area contributed by atoms with Crippen LogP contribution in [-0.2, 0) is 50.1 Å². The summed E-state index contributed by atoms with van der Waals surface area (Å²) in [4.78, 5) is 86.4. The fourth-order valence-electron chi connectivity index (χ4n) is 14.6. The Bertz CT molecular complexity index is 4030. The first-order valence-corrected chi connectivity index (χ1v) is 36.5. The Morgan fingerprint density at radius 2 is 0.921 bits per heavy atom. The molecule has 16 nitrogen and oxygen atoms in total. The molecule has 8 aliphatic rings. The van der Waals surface area contributed by atoms with Gasteiger partial charge in [-0.3, -0.25) is 38.6 Å². The van der Waals surface area contributed by atoms with Crippen molar-refractivity contribution >= 4 is 112 Å². The van der Waals surface area contributed by atoms with Crippen molar-refractivity contribution in [2.45, 2.75) is 139 Å². The lowest BCUT2D eigenvalue weighted by atomic mass is 9.74. The minimum absolute atomic E-state index is 0. The fraction of sp³-hybridized carbons (Fsp3) is 0.373. The average molecular weight is 1310 g/mol. The van der Waals surface area contributed by atoms with Gasteiger partial charge in [0.2, 0.25) is 0 Å². The maximum absolute atomic E-state index is 15.5. The Hall–Kier alpha value is -6.56. The zero-order valence-corrected chi connectivity index (χ0v) is 54.5. The molecule has 0 unspecified atom stereocenters. The molecule has 0 aliphatic carbocycles. The SMILES string of the molecule is C.CCC[C@]12C[C@@]34SS[C@@](C)(C(=O)N3[C@H]1N(S(=O)(=O)c1ccccc1)c1ccccc12)N(C)C4=O.CCC[C@]12C[C@]3(SCCC(=O)c4ccccc4)C(=O)N(C)[C@@](C)(SCCC(=O)c4ccccc4)C(=O)N3[C@H]1N(S(=O)(=O)c1ccccc1)c1ccccc12. The van der Waals surface area contributed by atoms with Crippen LogP contribution < -0.4 is 8.61 Å². The Kier molecular flexibility index (Phi) is 17.0. The summed E-state index contributed by atoms with van der Waals surface area (Å²) >= 11 is 2.47. The number of piperazine rings is 2. The Morgan fingerprint density at radius 1 is 0.506 bits per heavy atom. The molecule has 6 aromatic carbocycles. The standard InChI is InChI=1S/C42H43N3O6S3.C24H25N3O4S3.CH4/c1-4-26-41-29-42(53-28-25-36(47)31-18-10-6-11-19-31)39(49)43(3)40(2,52-27-24-35(46)30-16-8-5-9-17-30)38(48)44(42)37(41)45(34-23-15-14-22-33(34)41)54(50,51)32-20-12-7-13-21-32;1-4-14-23-15-24-21(29)25(3)22(2,32-33-24)20(28)26(24)19(23)27(18-13-9-8-12-17(18)23)34(30,31)16-10-6-5-7-11-16;/h5-23,37H,4,24-29H2,1-3H3;5-13,19H,4,14-15H2,1-3H3;1H4/t37-,40-,41+,42-;19-,22-,23+,24-;/m00./s1. The first-order chi connectivity index (χ1) is 42.1. The number of likely N-dealkylation sites (N-methyl/N-ethyl adjacent to an activating group) is 2. The molecule has 8 heterocycles. The molecule has 1 spiro atoms. The van der Waals surface area contributed by atoms with E-state index in [4.69, 9.17) is 0 Å². The van der Waals surface area contributed by atoms with Crippen LogP contribution in [0.1, 0.15) is 118 Å². The van der Waals surface area contributed by atoms with Gasteiger partial charge in [0, 0.05) is 73.2 Å². The molecule has 8 aliphatic heterocycles. The van der Waals surface area contributed by atoms with Crippen LogP contribution in [0.15, 0.2) is 180 Å². The average Bonchev–Trinajstić information content (AvgIpc) is 1.53. The number of nitrogens with zero attached hydrogens (tertiary/aromatic N) is 6. The molecule has 0 N–H and O–H groups in total. The minimum Gasteiger partial charge on any atom is -0.320 e. The van der Waals surface area contributed by atoms with Crippen LogP contribution in [0.2, 0.25) is 0 Å². The van der Waals surface area contributed by atoms with Crippen molar-refractivity contribution in [1.82, 2.24) is 19.6 Å². The van der Waals surface area contributed by atoms with Crippen LogP contribution in [0, 0.1) is 0 Å². The largest absolute Gasteiger partial charge is 0.320 e. The van der Waals surface area contributed by atoms with Gasteiger partial charge in [-0.05, 0) is 74.2 Å². The van der Waals surface area contributed by atoms with Crippen LogP contribution in [0.3, 0.4) is 0 Å². The third-order valence-electron chi connectivity index (χ3n) is 18.9. The van der Waals surface area contributed by atoms with Crippen LogP contribution in [0.25, 0.3) is 0 Å². The predicted octanol–water partition coefficient (Wildman–Crippen LogP) is 11.8. The highest BCUT2D eigenvalue weighted by Crippen LogP contribution is 2.71. The van der Waals surface area contributed by atoms with Crippen LogP contribution in [0.4, 0.5) is 11.4 Å². The molecule has 0 radical (unpaired) electrons.